The van der Waals surface area contributed by atoms with Gasteiger partial charge >= 0.3 is 0 Å². The van der Waals surface area contributed by atoms with Crippen LogP contribution in [0.3, 0.4) is 0 Å². The standard InChI is InChI=1S/C51H32N4/c1-3-16-33(17-4-1)36-20-7-8-21-37(36)44-27-15-28-45-43-26-13-14-29-47(43)55(48(44)45)51-53-49(34-18-5-2-6-19-34)52-50(54-51)35-30-31-42-40-24-10-9-22-38(40)39-23-11-12-25-41(39)46(42)32-35/h1-32H. The highest BCUT2D eigenvalue weighted by Crippen LogP contribution is 2.42. The molecule has 0 amide bonds. The van der Waals surface area contributed by atoms with E-state index in [1.807, 2.05) is 18.2 Å². The Kier molecular flexibility index (Phi) is 7.14. The molecule has 0 saturated heterocycles. The fourth-order valence-electron chi connectivity index (χ4n) is 8.39. The van der Waals surface area contributed by atoms with Gasteiger partial charge in [-0.25, -0.2) is 4.98 Å². The molecule has 0 N–H and O–H groups in total. The summed E-state index contributed by atoms with van der Waals surface area (Å²) >= 11 is 0. The van der Waals surface area contributed by atoms with Crippen molar-refractivity contribution in [3.8, 4) is 51.0 Å². The lowest BCUT2D eigenvalue weighted by molar-refractivity contribution is 0.954. The molecule has 2 heterocycles. The van der Waals surface area contributed by atoms with Gasteiger partial charge in [-0.05, 0) is 61.1 Å². The Bertz CT molecular complexity index is 3220. The van der Waals surface area contributed by atoms with Crippen molar-refractivity contribution in [1.82, 2.24) is 19.5 Å². The maximum absolute atomic E-state index is 5.38. The predicted molar refractivity (Wildman–Crippen MR) is 228 cm³/mol. The molecule has 0 aliphatic rings. The van der Waals surface area contributed by atoms with Gasteiger partial charge in [0.1, 0.15) is 0 Å². The van der Waals surface area contributed by atoms with Gasteiger partial charge in [0.2, 0.25) is 5.95 Å². The number of para-hydroxylation sites is 2. The van der Waals surface area contributed by atoms with Gasteiger partial charge in [0.25, 0.3) is 0 Å². The monoisotopic (exact) mass is 700 g/mol. The Morgan fingerprint density at radius 1 is 0.291 bits per heavy atom. The molecule has 11 aromatic rings. The molecule has 4 nitrogen and oxygen atoms in total. The first-order valence-electron chi connectivity index (χ1n) is 18.6. The third-order valence-corrected chi connectivity index (χ3v) is 10.9. The van der Waals surface area contributed by atoms with Crippen LogP contribution in [-0.4, -0.2) is 19.5 Å². The molecule has 0 spiro atoms. The highest BCUT2D eigenvalue weighted by atomic mass is 15.2. The lowest BCUT2D eigenvalue weighted by Crippen LogP contribution is -2.07. The smallest absolute Gasteiger partial charge is 0.238 e. The van der Waals surface area contributed by atoms with E-state index in [0.717, 1.165) is 44.1 Å². The molecule has 0 aliphatic carbocycles. The molecule has 2 aromatic heterocycles. The summed E-state index contributed by atoms with van der Waals surface area (Å²) < 4.78 is 2.24. The molecule has 55 heavy (non-hydrogen) atoms. The summed E-state index contributed by atoms with van der Waals surface area (Å²) in [7, 11) is 0. The third-order valence-electron chi connectivity index (χ3n) is 10.9. The molecular formula is C51H32N4. The van der Waals surface area contributed by atoms with Crippen LogP contribution in [0.15, 0.2) is 194 Å². The quantitative estimate of drug-likeness (QED) is 0.168. The van der Waals surface area contributed by atoms with E-state index in [4.69, 9.17) is 15.0 Å². The normalized spacial score (nSPS) is 11.6. The zero-order valence-electron chi connectivity index (χ0n) is 29.8. The summed E-state index contributed by atoms with van der Waals surface area (Å²) in [5.41, 5.74) is 8.56. The van der Waals surface area contributed by atoms with Crippen LogP contribution in [-0.2, 0) is 0 Å². The van der Waals surface area contributed by atoms with E-state index in [9.17, 15) is 0 Å². The highest BCUT2D eigenvalue weighted by Gasteiger charge is 2.22. The second-order valence-electron chi connectivity index (χ2n) is 14.0. The van der Waals surface area contributed by atoms with Gasteiger partial charge in [-0.1, -0.05) is 182 Å². The van der Waals surface area contributed by atoms with Gasteiger partial charge in [0.05, 0.1) is 11.0 Å². The van der Waals surface area contributed by atoms with Gasteiger partial charge in [-0.3, -0.25) is 4.57 Å². The average molecular weight is 701 g/mol. The van der Waals surface area contributed by atoms with Gasteiger partial charge in [-0.15, -0.1) is 0 Å². The van der Waals surface area contributed by atoms with E-state index in [1.54, 1.807) is 0 Å². The van der Waals surface area contributed by atoms with Crippen LogP contribution in [0, 0.1) is 0 Å². The van der Waals surface area contributed by atoms with Crippen molar-refractivity contribution in [2.75, 3.05) is 0 Å². The number of nitrogens with zero attached hydrogens (tertiary/aromatic N) is 4. The van der Waals surface area contributed by atoms with E-state index >= 15 is 0 Å². The summed E-state index contributed by atoms with van der Waals surface area (Å²) in [6.07, 6.45) is 0. The van der Waals surface area contributed by atoms with Gasteiger partial charge in [0.15, 0.2) is 11.6 Å². The lowest BCUT2D eigenvalue weighted by Gasteiger charge is -2.15. The Morgan fingerprint density at radius 2 is 0.782 bits per heavy atom. The van der Waals surface area contributed by atoms with Crippen molar-refractivity contribution >= 4 is 54.1 Å². The second-order valence-corrected chi connectivity index (χ2v) is 14.0. The first-order valence-corrected chi connectivity index (χ1v) is 18.6. The minimum atomic E-state index is 0.572. The number of hydrogen-bond acceptors (Lipinski definition) is 3. The number of aromatic nitrogens is 4. The van der Waals surface area contributed by atoms with Crippen molar-refractivity contribution in [1.29, 1.82) is 0 Å². The SMILES string of the molecule is c1ccc(-c2nc(-c3ccc4c5ccccc5c5ccccc5c4c3)nc(-n3c4ccccc4c4cccc(-c5ccccc5-c5ccccc5)c43)n2)cc1. The molecule has 0 radical (unpaired) electrons. The summed E-state index contributed by atoms with van der Waals surface area (Å²) in [4.78, 5) is 15.9. The molecule has 0 atom stereocenters. The fraction of sp³-hybridized carbons (Fsp3) is 0. The molecule has 4 heteroatoms. The predicted octanol–water partition coefficient (Wildman–Crippen LogP) is 13.1. The van der Waals surface area contributed by atoms with E-state index in [1.165, 1.54) is 43.4 Å². The molecule has 0 saturated carbocycles. The molecule has 9 aromatic carbocycles. The summed E-state index contributed by atoms with van der Waals surface area (Å²) in [6, 6.07) is 68.6. The largest absolute Gasteiger partial charge is 0.277 e. The topological polar surface area (TPSA) is 43.6 Å². The van der Waals surface area contributed by atoms with Crippen LogP contribution in [0.2, 0.25) is 0 Å². The molecule has 0 aliphatic heterocycles. The van der Waals surface area contributed by atoms with E-state index < -0.39 is 0 Å². The van der Waals surface area contributed by atoms with Crippen LogP contribution in [0.1, 0.15) is 0 Å². The molecule has 256 valence electrons. The molecule has 0 unspecified atom stereocenters. The van der Waals surface area contributed by atoms with Crippen LogP contribution < -0.4 is 0 Å². The molecule has 0 bridgehead atoms. The fourth-order valence-corrected chi connectivity index (χ4v) is 8.39. The Hall–Kier alpha value is -7.43. The zero-order chi connectivity index (χ0) is 36.3. The molecule has 0 fully saturated rings. The van der Waals surface area contributed by atoms with Crippen molar-refractivity contribution in [2.45, 2.75) is 0 Å². The van der Waals surface area contributed by atoms with E-state index in [0.29, 0.717) is 17.6 Å². The minimum absolute atomic E-state index is 0.572. The average Bonchev–Trinajstić information content (AvgIpc) is 3.61. The number of fused-ring (bicyclic) bond motifs is 9. The van der Waals surface area contributed by atoms with E-state index in [-0.39, 0.29) is 0 Å². The Labute approximate surface area is 317 Å². The van der Waals surface area contributed by atoms with Crippen LogP contribution >= 0.6 is 0 Å². The molecular weight excluding hydrogens is 669 g/mol. The van der Waals surface area contributed by atoms with Crippen molar-refractivity contribution < 1.29 is 0 Å². The van der Waals surface area contributed by atoms with Crippen LogP contribution in [0.4, 0.5) is 0 Å². The van der Waals surface area contributed by atoms with E-state index in [2.05, 4.69) is 180 Å². The number of benzene rings is 9. The van der Waals surface area contributed by atoms with Crippen molar-refractivity contribution in [3.05, 3.63) is 194 Å². The van der Waals surface area contributed by atoms with Crippen molar-refractivity contribution in [3.63, 3.8) is 0 Å². The molecule has 11 rings (SSSR count). The third kappa shape index (κ3) is 5.03. The maximum atomic E-state index is 5.38. The van der Waals surface area contributed by atoms with Gasteiger partial charge in [0, 0.05) is 27.5 Å². The first kappa shape index (κ1) is 31.1. The van der Waals surface area contributed by atoms with Crippen LogP contribution in [0.5, 0.6) is 0 Å². The number of hydrogen-bond donors (Lipinski definition) is 0. The Morgan fingerprint density at radius 3 is 1.47 bits per heavy atom. The number of rotatable bonds is 5. The summed E-state index contributed by atoms with van der Waals surface area (Å²) in [5, 5.41) is 9.59. The first-order chi connectivity index (χ1) is 27.3. The van der Waals surface area contributed by atoms with Gasteiger partial charge < -0.3 is 0 Å². The lowest BCUT2D eigenvalue weighted by atomic mass is 9.93. The van der Waals surface area contributed by atoms with Crippen LogP contribution in [0.25, 0.3) is 105 Å². The Balaban J connectivity index is 1.21. The summed E-state index contributed by atoms with van der Waals surface area (Å²) in [5.74, 6) is 1.82. The minimum Gasteiger partial charge on any atom is -0.277 e. The van der Waals surface area contributed by atoms with Gasteiger partial charge in [-0.2, -0.15) is 9.97 Å². The zero-order valence-corrected chi connectivity index (χ0v) is 29.8. The second kappa shape index (κ2) is 12.6. The maximum Gasteiger partial charge on any atom is 0.238 e. The highest BCUT2D eigenvalue weighted by molar-refractivity contribution is 6.25. The van der Waals surface area contributed by atoms with Crippen molar-refractivity contribution in [2.24, 2.45) is 0 Å². The summed E-state index contributed by atoms with van der Waals surface area (Å²) in [6.45, 7) is 0.